The molecule has 0 amide bonds. The summed E-state index contributed by atoms with van der Waals surface area (Å²) in [5.74, 6) is 0. The molecule has 1 unspecified atom stereocenters. The summed E-state index contributed by atoms with van der Waals surface area (Å²) in [7, 11) is 0. The number of hydrogen-bond acceptors (Lipinski definition) is 3. The molecule has 1 aromatic carbocycles. The summed E-state index contributed by atoms with van der Waals surface area (Å²) in [4.78, 5) is 5.99. The van der Waals surface area contributed by atoms with Crippen molar-refractivity contribution >= 4 is 34.5 Å². The molecule has 1 heterocycles. The Labute approximate surface area is 140 Å². The van der Waals surface area contributed by atoms with Crippen LogP contribution in [0.15, 0.2) is 18.2 Å². The van der Waals surface area contributed by atoms with Crippen molar-refractivity contribution in [3.8, 4) is 0 Å². The van der Waals surface area contributed by atoms with E-state index in [0.29, 0.717) is 16.1 Å². The Kier molecular flexibility index (Phi) is 6.06. The third kappa shape index (κ3) is 4.43. The number of nitrogens with one attached hydrogen (secondary N) is 1. The van der Waals surface area contributed by atoms with Gasteiger partial charge >= 0.3 is 0 Å². The minimum atomic E-state index is 0.344. The highest BCUT2D eigenvalue weighted by molar-refractivity contribution is 7.11. The van der Waals surface area contributed by atoms with Crippen LogP contribution in [-0.2, 0) is 6.42 Å². The molecular formula is C16H20Cl2N2S. The number of nitrogens with zero attached hydrogens (tertiary/aromatic N) is 1. The van der Waals surface area contributed by atoms with Crippen LogP contribution in [-0.4, -0.2) is 11.5 Å². The first-order chi connectivity index (χ1) is 10.0. The Morgan fingerprint density at radius 1 is 1.33 bits per heavy atom. The topological polar surface area (TPSA) is 24.9 Å². The Hall–Kier alpha value is -0.610. The molecule has 21 heavy (non-hydrogen) atoms. The standard InChI is InChI=1S/C16H20Cl2N2S/c1-4-7-19-10(2)16-11(3)20-15(21-16)8-12-5-6-13(17)9-14(12)18/h5-6,9-10,19H,4,7-8H2,1-3H3. The van der Waals surface area contributed by atoms with E-state index < -0.39 is 0 Å². The summed E-state index contributed by atoms with van der Waals surface area (Å²) < 4.78 is 0. The van der Waals surface area contributed by atoms with Crippen molar-refractivity contribution in [2.24, 2.45) is 0 Å². The van der Waals surface area contributed by atoms with Gasteiger partial charge in [-0.3, -0.25) is 0 Å². The van der Waals surface area contributed by atoms with E-state index >= 15 is 0 Å². The molecule has 0 bridgehead atoms. The zero-order valence-electron chi connectivity index (χ0n) is 12.5. The molecule has 2 nitrogen and oxygen atoms in total. The predicted octanol–water partition coefficient (Wildman–Crippen LogP) is 5.41. The fourth-order valence-electron chi connectivity index (χ4n) is 2.22. The smallest absolute Gasteiger partial charge is 0.0975 e. The number of hydrogen-bond donors (Lipinski definition) is 1. The second-order valence-electron chi connectivity index (χ2n) is 5.15. The molecule has 1 aromatic heterocycles. The quantitative estimate of drug-likeness (QED) is 0.759. The van der Waals surface area contributed by atoms with Crippen molar-refractivity contribution in [2.75, 3.05) is 6.54 Å². The first-order valence-electron chi connectivity index (χ1n) is 7.14. The molecule has 0 aliphatic carbocycles. The predicted molar refractivity (Wildman–Crippen MR) is 92.8 cm³/mol. The number of aromatic nitrogens is 1. The van der Waals surface area contributed by atoms with E-state index in [2.05, 4.69) is 31.1 Å². The van der Waals surface area contributed by atoms with Gasteiger partial charge in [-0.25, -0.2) is 4.98 Å². The lowest BCUT2D eigenvalue weighted by atomic mass is 10.1. The molecule has 0 aliphatic rings. The average molecular weight is 343 g/mol. The van der Waals surface area contributed by atoms with Crippen molar-refractivity contribution < 1.29 is 0 Å². The minimum Gasteiger partial charge on any atom is -0.309 e. The van der Waals surface area contributed by atoms with Crippen molar-refractivity contribution in [3.63, 3.8) is 0 Å². The van der Waals surface area contributed by atoms with Crippen LogP contribution >= 0.6 is 34.5 Å². The first kappa shape index (κ1) is 16.8. The van der Waals surface area contributed by atoms with Crippen LogP contribution in [0.2, 0.25) is 10.0 Å². The van der Waals surface area contributed by atoms with Crippen LogP contribution in [0, 0.1) is 6.92 Å². The summed E-state index contributed by atoms with van der Waals surface area (Å²) >= 11 is 13.9. The van der Waals surface area contributed by atoms with Gasteiger partial charge in [0.2, 0.25) is 0 Å². The van der Waals surface area contributed by atoms with Crippen LogP contribution in [0.1, 0.15) is 47.5 Å². The van der Waals surface area contributed by atoms with E-state index in [-0.39, 0.29) is 0 Å². The highest BCUT2D eigenvalue weighted by Gasteiger charge is 2.14. The second kappa shape index (κ2) is 7.59. The van der Waals surface area contributed by atoms with Gasteiger partial charge in [-0.2, -0.15) is 0 Å². The van der Waals surface area contributed by atoms with Gasteiger partial charge in [0.05, 0.1) is 10.7 Å². The van der Waals surface area contributed by atoms with Crippen LogP contribution in [0.3, 0.4) is 0 Å². The van der Waals surface area contributed by atoms with E-state index in [1.807, 2.05) is 12.1 Å². The van der Waals surface area contributed by atoms with Crippen LogP contribution in [0.4, 0.5) is 0 Å². The molecular weight excluding hydrogens is 323 g/mol. The van der Waals surface area contributed by atoms with Gasteiger partial charge in [0.1, 0.15) is 0 Å². The summed E-state index contributed by atoms with van der Waals surface area (Å²) in [6.45, 7) is 7.46. The van der Waals surface area contributed by atoms with Crippen LogP contribution < -0.4 is 5.32 Å². The van der Waals surface area contributed by atoms with Gasteiger partial charge in [-0.05, 0) is 44.5 Å². The third-order valence-corrected chi connectivity index (χ3v) is 5.25. The maximum Gasteiger partial charge on any atom is 0.0975 e. The molecule has 0 saturated carbocycles. The molecule has 0 radical (unpaired) electrons. The molecule has 0 saturated heterocycles. The zero-order valence-corrected chi connectivity index (χ0v) is 14.9. The average Bonchev–Trinajstić information content (AvgIpc) is 2.80. The van der Waals surface area contributed by atoms with E-state index in [0.717, 1.165) is 35.7 Å². The molecule has 1 N–H and O–H groups in total. The first-order valence-corrected chi connectivity index (χ1v) is 8.72. The van der Waals surface area contributed by atoms with Gasteiger partial charge in [-0.1, -0.05) is 36.2 Å². The Bertz CT molecular complexity index is 610. The SMILES string of the molecule is CCCNC(C)c1sc(Cc2ccc(Cl)cc2Cl)nc1C. The van der Waals surface area contributed by atoms with Crippen LogP contribution in [0.5, 0.6) is 0 Å². The van der Waals surface area contributed by atoms with E-state index in [9.17, 15) is 0 Å². The lowest BCUT2D eigenvalue weighted by molar-refractivity contribution is 0.575. The van der Waals surface area contributed by atoms with E-state index in [1.54, 1.807) is 17.4 Å². The van der Waals surface area contributed by atoms with Crippen molar-refractivity contribution in [1.29, 1.82) is 0 Å². The van der Waals surface area contributed by atoms with E-state index in [4.69, 9.17) is 23.2 Å². The van der Waals surface area contributed by atoms with Crippen molar-refractivity contribution in [3.05, 3.63) is 49.4 Å². The van der Waals surface area contributed by atoms with E-state index in [1.165, 1.54) is 4.88 Å². The highest BCUT2D eigenvalue weighted by Crippen LogP contribution is 2.29. The van der Waals surface area contributed by atoms with Gasteiger partial charge in [0.25, 0.3) is 0 Å². The maximum absolute atomic E-state index is 6.24. The minimum absolute atomic E-state index is 0.344. The fraction of sp³-hybridized carbons (Fsp3) is 0.438. The van der Waals surface area contributed by atoms with Crippen molar-refractivity contribution in [1.82, 2.24) is 10.3 Å². The second-order valence-corrected chi connectivity index (χ2v) is 7.10. The molecule has 0 fully saturated rings. The molecule has 114 valence electrons. The number of thiazole rings is 1. The number of rotatable bonds is 6. The van der Waals surface area contributed by atoms with Crippen molar-refractivity contribution in [2.45, 2.75) is 39.7 Å². The monoisotopic (exact) mass is 342 g/mol. The zero-order chi connectivity index (χ0) is 15.4. The lowest BCUT2D eigenvalue weighted by Crippen LogP contribution is -2.18. The Morgan fingerprint density at radius 2 is 2.10 bits per heavy atom. The molecule has 2 aromatic rings. The Morgan fingerprint density at radius 3 is 2.76 bits per heavy atom. The number of halogens is 2. The molecule has 0 aliphatic heterocycles. The summed E-state index contributed by atoms with van der Waals surface area (Å²) in [6.07, 6.45) is 1.89. The molecule has 1 atom stereocenters. The number of benzene rings is 1. The summed E-state index contributed by atoms with van der Waals surface area (Å²) in [6, 6.07) is 5.97. The Balaban J connectivity index is 2.14. The molecule has 5 heteroatoms. The van der Waals surface area contributed by atoms with Gasteiger partial charge in [-0.15, -0.1) is 11.3 Å². The normalized spacial score (nSPS) is 12.6. The molecule has 0 spiro atoms. The lowest BCUT2D eigenvalue weighted by Gasteiger charge is -2.11. The summed E-state index contributed by atoms with van der Waals surface area (Å²) in [5, 5.41) is 5.97. The number of aryl methyl sites for hydroxylation is 1. The summed E-state index contributed by atoms with van der Waals surface area (Å²) in [5.41, 5.74) is 2.17. The third-order valence-electron chi connectivity index (χ3n) is 3.33. The fourth-order valence-corrected chi connectivity index (χ4v) is 3.82. The molecule has 2 rings (SSSR count). The van der Waals surface area contributed by atoms with Gasteiger partial charge < -0.3 is 5.32 Å². The maximum atomic E-state index is 6.24. The van der Waals surface area contributed by atoms with Crippen LogP contribution in [0.25, 0.3) is 0 Å². The largest absolute Gasteiger partial charge is 0.309 e. The van der Waals surface area contributed by atoms with Gasteiger partial charge in [0, 0.05) is 27.4 Å². The highest BCUT2D eigenvalue weighted by atomic mass is 35.5. The van der Waals surface area contributed by atoms with Gasteiger partial charge in [0.15, 0.2) is 0 Å².